The van der Waals surface area contributed by atoms with Gasteiger partial charge in [-0.3, -0.25) is 14.6 Å². The van der Waals surface area contributed by atoms with Gasteiger partial charge in [0.15, 0.2) is 5.82 Å². The molecule has 0 radical (unpaired) electrons. The number of aromatic nitrogens is 4. The Hall–Kier alpha value is -1.54. The molecular formula is C17H31N7O. The van der Waals surface area contributed by atoms with E-state index in [2.05, 4.69) is 39.2 Å². The highest BCUT2D eigenvalue weighted by atomic mass is 16.2. The number of carbonyl (C=O) groups is 1. The Bertz CT molecular complexity index is 567. The Morgan fingerprint density at radius 1 is 1.20 bits per heavy atom. The van der Waals surface area contributed by atoms with Crippen LogP contribution in [0.25, 0.3) is 0 Å². The lowest BCUT2D eigenvalue weighted by atomic mass is 10.0. The van der Waals surface area contributed by atoms with E-state index in [1.165, 1.54) is 0 Å². The topological polar surface area (TPSA) is 70.4 Å². The van der Waals surface area contributed by atoms with E-state index in [1.54, 1.807) is 6.92 Å². The molecule has 2 fully saturated rings. The molecule has 8 nitrogen and oxygen atoms in total. The maximum Gasteiger partial charge on any atom is 0.219 e. The van der Waals surface area contributed by atoms with E-state index in [9.17, 15) is 4.79 Å². The van der Waals surface area contributed by atoms with Crippen LogP contribution in [0.3, 0.4) is 0 Å². The van der Waals surface area contributed by atoms with Crippen molar-refractivity contribution in [1.82, 2.24) is 34.9 Å². The van der Waals surface area contributed by atoms with Crippen molar-refractivity contribution in [3.8, 4) is 0 Å². The third-order valence-electron chi connectivity index (χ3n) is 5.57. The third kappa shape index (κ3) is 4.36. The maximum atomic E-state index is 11.5. The molecule has 0 saturated carbocycles. The van der Waals surface area contributed by atoms with Crippen LogP contribution in [0.5, 0.6) is 0 Å². The number of tetrazole rings is 1. The third-order valence-corrected chi connectivity index (χ3v) is 5.57. The molecule has 3 heterocycles. The van der Waals surface area contributed by atoms with Gasteiger partial charge in [-0.25, -0.2) is 4.68 Å². The summed E-state index contributed by atoms with van der Waals surface area (Å²) in [5.74, 6) is 1.80. The monoisotopic (exact) mass is 349 g/mol. The van der Waals surface area contributed by atoms with Gasteiger partial charge in [0.25, 0.3) is 0 Å². The van der Waals surface area contributed by atoms with Crippen molar-refractivity contribution in [3.05, 3.63) is 5.82 Å². The standard InChI is InChI=1S/C17H31N7O/c1-4-5-6-24-17(18-19-20-24)13-21-11-14(2)16(12-21)23-9-7-22(8-10-23)15(3)25/h14,16H,4-13H2,1-3H3/t14-,16-/m0/s1. The number of unbranched alkanes of at least 4 members (excludes halogenated alkanes) is 1. The number of carbonyl (C=O) groups excluding carboxylic acids is 1. The molecule has 0 N–H and O–H groups in total. The number of rotatable bonds is 6. The Morgan fingerprint density at radius 2 is 1.96 bits per heavy atom. The second kappa shape index (κ2) is 8.23. The minimum atomic E-state index is 0.194. The smallest absolute Gasteiger partial charge is 0.219 e. The van der Waals surface area contributed by atoms with Crippen LogP contribution in [-0.4, -0.2) is 86.1 Å². The quantitative estimate of drug-likeness (QED) is 0.743. The van der Waals surface area contributed by atoms with Crippen molar-refractivity contribution < 1.29 is 4.79 Å². The van der Waals surface area contributed by atoms with Crippen LogP contribution < -0.4 is 0 Å². The van der Waals surface area contributed by atoms with Crippen LogP contribution in [-0.2, 0) is 17.9 Å². The summed E-state index contributed by atoms with van der Waals surface area (Å²) in [5.41, 5.74) is 0. The number of nitrogens with zero attached hydrogens (tertiary/aromatic N) is 7. The number of likely N-dealkylation sites (tertiary alicyclic amines) is 1. The second-order valence-electron chi connectivity index (χ2n) is 7.45. The van der Waals surface area contributed by atoms with Gasteiger partial charge in [0.1, 0.15) is 0 Å². The highest BCUT2D eigenvalue weighted by Gasteiger charge is 2.35. The Morgan fingerprint density at radius 3 is 2.64 bits per heavy atom. The molecule has 25 heavy (non-hydrogen) atoms. The van der Waals surface area contributed by atoms with Crippen LogP contribution in [0.1, 0.15) is 39.4 Å². The summed E-state index contributed by atoms with van der Waals surface area (Å²) in [6, 6.07) is 0.564. The fourth-order valence-corrected chi connectivity index (χ4v) is 4.04. The zero-order valence-electron chi connectivity index (χ0n) is 15.8. The number of hydrogen-bond donors (Lipinski definition) is 0. The average Bonchev–Trinajstić information content (AvgIpc) is 3.19. The highest BCUT2D eigenvalue weighted by molar-refractivity contribution is 5.73. The first-order valence-electron chi connectivity index (χ1n) is 9.55. The number of hydrogen-bond acceptors (Lipinski definition) is 6. The predicted octanol–water partition coefficient (Wildman–Crippen LogP) is 0.458. The van der Waals surface area contributed by atoms with E-state index < -0.39 is 0 Å². The summed E-state index contributed by atoms with van der Waals surface area (Å²) in [7, 11) is 0. The van der Waals surface area contributed by atoms with Gasteiger partial charge in [-0.1, -0.05) is 20.3 Å². The van der Waals surface area contributed by atoms with E-state index in [0.717, 1.165) is 71.0 Å². The maximum absolute atomic E-state index is 11.5. The van der Waals surface area contributed by atoms with Crippen molar-refractivity contribution in [3.63, 3.8) is 0 Å². The molecule has 0 spiro atoms. The van der Waals surface area contributed by atoms with E-state index in [1.807, 2.05) is 9.58 Å². The number of aryl methyl sites for hydroxylation is 1. The lowest BCUT2D eigenvalue weighted by Gasteiger charge is -2.39. The Labute approximate surface area is 150 Å². The largest absolute Gasteiger partial charge is 0.340 e. The summed E-state index contributed by atoms with van der Waals surface area (Å²) in [6.45, 7) is 13.7. The molecule has 0 unspecified atom stereocenters. The van der Waals surface area contributed by atoms with E-state index in [4.69, 9.17) is 0 Å². The van der Waals surface area contributed by atoms with Crippen LogP contribution >= 0.6 is 0 Å². The Balaban J connectivity index is 1.53. The molecular weight excluding hydrogens is 318 g/mol. The van der Waals surface area contributed by atoms with Gasteiger partial charge >= 0.3 is 0 Å². The van der Waals surface area contributed by atoms with Gasteiger partial charge in [-0.2, -0.15) is 0 Å². The van der Waals surface area contributed by atoms with E-state index in [0.29, 0.717) is 12.0 Å². The van der Waals surface area contributed by atoms with Crippen molar-refractivity contribution in [2.24, 2.45) is 5.92 Å². The summed E-state index contributed by atoms with van der Waals surface area (Å²) >= 11 is 0. The first kappa shape index (κ1) is 18.3. The van der Waals surface area contributed by atoms with Crippen LogP contribution in [0, 0.1) is 5.92 Å². The molecule has 1 aromatic heterocycles. The van der Waals surface area contributed by atoms with Crippen molar-refractivity contribution in [2.45, 2.75) is 52.7 Å². The summed E-state index contributed by atoms with van der Waals surface area (Å²) in [6.07, 6.45) is 2.26. The molecule has 2 aliphatic rings. The van der Waals surface area contributed by atoms with Crippen molar-refractivity contribution >= 4 is 5.91 Å². The van der Waals surface area contributed by atoms with Gasteiger partial charge in [-0.05, 0) is 22.8 Å². The van der Waals surface area contributed by atoms with E-state index >= 15 is 0 Å². The molecule has 1 aromatic rings. The zero-order chi connectivity index (χ0) is 17.8. The first-order valence-corrected chi connectivity index (χ1v) is 9.55. The molecule has 2 atom stereocenters. The normalized spacial score (nSPS) is 25.6. The predicted molar refractivity (Wildman–Crippen MR) is 94.8 cm³/mol. The molecule has 2 aliphatic heterocycles. The number of piperazine rings is 1. The molecule has 2 saturated heterocycles. The summed E-state index contributed by atoms with van der Waals surface area (Å²) in [5, 5.41) is 12.2. The van der Waals surface area contributed by atoms with Gasteiger partial charge in [0.2, 0.25) is 5.91 Å². The molecule has 3 rings (SSSR count). The fraction of sp³-hybridized carbons (Fsp3) is 0.882. The summed E-state index contributed by atoms with van der Waals surface area (Å²) in [4.78, 5) is 18.5. The van der Waals surface area contributed by atoms with Gasteiger partial charge in [0, 0.05) is 58.8 Å². The average molecular weight is 349 g/mol. The van der Waals surface area contributed by atoms with E-state index in [-0.39, 0.29) is 5.91 Å². The fourth-order valence-electron chi connectivity index (χ4n) is 4.04. The molecule has 140 valence electrons. The SMILES string of the molecule is CCCCn1nnnc1CN1C[C@H](C)[C@@H](N2CCN(C(C)=O)CC2)C1. The second-order valence-corrected chi connectivity index (χ2v) is 7.45. The number of amides is 1. The zero-order valence-corrected chi connectivity index (χ0v) is 15.8. The minimum absolute atomic E-state index is 0.194. The van der Waals surface area contributed by atoms with Gasteiger partial charge < -0.3 is 4.90 Å². The first-order chi connectivity index (χ1) is 12.1. The van der Waals surface area contributed by atoms with Crippen molar-refractivity contribution in [1.29, 1.82) is 0 Å². The molecule has 1 amide bonds. The van der Waals surface area contributed by atoms with Crippen LogP contribution in [0.15, 0.2) is 0 Å². The van der Waals surface area contributed by atoms with Gasteiger partial charge in [-0.15, -0.1) is 5.10 Å². The lowest BCUT2D eigenvalue weighted by Crippen LogP contribution is -2.53. The minimum Gasteiger partial charge on any atom is -0.340 e. The Kier molecular flexibility index (Phi) is 6.01. The van der Waals surface area contributed by atoms with Crippen LogP contribution in [0.2, 0.25) is 0 Å². The van der Waals surface area contributed by atoms with Crippen molar-refractivity contribution in [2.75, 3.05) is 39.3 Å². The molecule has 0 aromatic carbocycles. The van der Waals surface area contributed by atoms with Gasteiger partial charge in [0.05, 0.1) is 6.54 Å². The highest BCUT2D eigenvalue weighted by Crippen LogP contribution is 2.24. The summed E-state index contributed by atoms with van der Waals surface area (Å²) < 4.78 is 1.95. The molecule has 0 bridgehead atoms. The van der Waals surface area contributed by atoms with Crippen LogP contribution in [0.4, 0.5) is 0 Å². The lowest BCUT2D eigenvalue weighted by molar-refractivity contribution is -0.130. The molecule has 8 heteroatoms. The molecule has 0 aliphatic carbocycles.